The van der Waals surface area contributed by atoms with Crippen LogP contribution in [0.25, 0.3) is 0 Å². The van der Waals surface area contributed by atoms with Gasteiger partial charge in [-0.1, -0.05) is 0 Å². The van der Waals surface area contributed by atoms with E-state index in [9.17, 15) is 9.59 Å². The molecular formula is C20H27N5O3. The first-order valence-corrected chi connectivity index (χ1v) is 9.94. The van der Waals surface area contributed by atoms with Gasteiger partial charge in [0.15, 0.2) is 0 Å². The van der Waals surface area contributed by atoms with E-state index < -0.39 is 0 Å². The molecule has 4 heterocycles. The molecule has 0 saturated carbocycles. The number of nitrogens with one attached hydrogen (secondary N) is 1. The maximum atomic E-state index is 12.8. The lowest BCUT2D eigenvalue weighted by molar-refractivity contribution is 0.0530. The van der Waals surface area contributed by atoms with E-state index in [0.717, 1.165) is 31.7 Å². The normalized spacial score (nSPS) is 20.4. The van der Waals surface area contributed by atoms with Crippen LogP contribution in [0.2, 0.25) is 0 Å². The number of aryl methyl sites for hydroxylation is 2. The van der Waals surface area contributed by atoms with Gasteiger partial charge in [-0.15, -0.1) is 0 Å². The summed E-state index contributed by atoms with van der Waals surface area (Å²) >= 11 is 0. The summed E-state index contributed by atoms with van der Waals surface area (Å²) in [5.41, 5.74) is 1.09. The predicted octanol–water partition coefficient (Wildman–Crippen LogP) is 1.62. The molecule has 2 fully saturated rings. The molecule has 1 unspecified atom stereocenters. The van der Waals surface area contributed by atoms with Crippen molar-refractivity contribution in [3.8, 4) is 0 Å². The third-order valence-electron chi connectivity index (χ3n) is 5.60. The average Bonchev–Trinajstić information content (AvgIpc) is 3.34. The van der Waals surface area contributed by atoms with Gasteiger partial charge in [0.05, 0.1) is 11.6 Å². The molecule has 4 rings (SSSR count). The molecule has 2 amide bonds. The van der Waals surface area contributed by atoms with Crippen LogP contribution in [0.1, 0.15) is 51.3 Å². The fourth-order valence-electron chi connectivity index (χ4n) is 4.00. The first-order chi connectivity index (χ1) is 13.5. The highest BCUT2D eigenvalue weighted by atomic mass is 16.3. The summed E-state index contributed by atoms with van der Waals surface area (Å²) in [5, 5.41) is 7.89. The number of rotatable bonds is 3. The van der Waals surface area contributed by atoms with Gasteiger partial charge in [-0.3, -0.25) is 14.3 Å². The molecule has 8 heteroatoms. The van der Waals surface area contributed by atoms with Crippen LogP contribution in [0, 0.1) is 13.8 Å². The van der Waals surface area contributed by atoms with Gasteiger partial charge in [0.1, 0.15) is 17.2 Å². The zero-order valence-corrected chi connectivity index (χ0v) is 16.5. The number of amides is 2. The van der Waals surface area contributed by atoms with Gasteiger partial charge in [0, 0.05) is 38.9 Å². The maximum absolute atomic E-state index is 12.8. The molecule has 2 saturated heterocycles. The van der Waals surface area contributed by atoms with Crippen LogP contribution in [-0.2, 0) is 0 Å². The first kappa shape index (κ1) is 18.7. The fraction of sp³-hybridized carbons (Fsp3) is 0.550. The Kier molecular flexibility index (Phi) is 5.21. The van der Waals surface area contributed by atoms with Crippen LogP contribution in [0.4, 0.5) is 0 Å². The number of piperazine rings is 1. The molecule has 0 spiro atoms. The Bertz CT molecular complexity index is 857. The highest BCUT2D eigenvalue weighted by Gasteiger charge is 2.28. The lowest BCUT2D eigenvalue weighted by atomic mass is 10.1. The summed E-state index contributed by atoms with van der Waals surface area (Å²) in [5.74, 6) is 1.28. The average molecular weight is 385 g/mol. The van der Waals surface area contributed by atoms with Gasteiger partial charge >= 0.3 is 0 Å². The zero-order valence-electron chi connectivity index (χ0n) is 16.5. The number of furan rings is 1. The van der Waals surface area contributed by atoms with Crippen LogP contribution in [-0.4, -0.2) is 70.7 Å². The molecule has 1 N–H and O–H groups in total. The number of carbonyl (C=O) groups excluding carboxylic acids is 2. The molecule has 2 aromatic rings. The van der Waals surface area contributed by atoms with Crippen molar-refractivity contribution in [1.29, 1.82) is 0 Å². The first-order valence-electron chi connectivity index (χ1n) is 9.94. The van der Waals surface area contributed by atoms with Crippen molar-refractivity contribution in [2.45, 2.75) is 32.7 Å². The standard InChI is InChI=1S/C20H27N5O3/c1-14-12-17(15(2)28-14)19(26)23-8-10-24(11-9-23)20(27)18-5-7-25(22-18)16-4-3-6-21-13-16/h5,7,12,16,21H,3-4,6,8-11,13H2,1-2H3. The van der Waals surface area contributed by atoms with Crippen LogP contribution >= 0.6 is 0 Å². The van der Waals surface area contributed by atoms with Crippen molar-refractivity contribution in [1.82, 2.24) is 24.9 Å². The summed E-state index contributed by atoms with van der Waals surface area (Å²) in [6.07, 6.45) is 4.10. The van der Waals surface area contributed by atoms with Crippen LogP contribution < -0.4 is 5.32 Å². The largest absolute Gasteiger partial charge is 0.466 e. The predicted molar refractivity (Wildman–Crippen MR) is 103 cm³/mol. The lowest BCUT2D eigenvalue weighted by Gasteiger charge is -2.34. The Balaban J connectivity index is 1.36. The minimum absolute atomic E-state index is 0.0319. The molecule has 2 aliphatic rings. The van der Waals surface area contributed by atoms with Crippen LogP contribution in [0.3, 0.4) is 0 Å². The van der Waals surface area contributed by atoms with E-state index in [4.69, 9.17) is 4.42 Å². The van der Waals surface area contributed by atoms with Gasteiger partial charge in [0.2, 0.25) is 0 Å². The van der Waals surface area contributed by atoms with Crippen LogP contribution in [0.5, 0.6) is 0 Å². The summed E-state index contributed by atoms with van der Waals surface area (Å²) in [7, 11) is 0. The molecule has 0 aromatic carbocycles. The number of nitrogens with zero attached hydrogens (tertiary/aromatic N) is 4. The number of piperidine rings is 1. The van der Waals surface area contributed by atoms with Crippen molar-refractivity contribution in [2.75, 3.05) is 39.3 Å². The smallest absolute Gasteiger partial charge is 0.274 e. The molecule has 1 atom stereocenters. The van der Waals surface area contributed by atoms with E-state index in [1.165, 1.54) is 0 Å². The summed E-state index contributed by atoms with van der Waals surface area (Å²) < 4.78 is 7.37. The zero-order chi connectivity index (χ0) is 19.7. The van der Waals surface area contributed by atoms with Crippen LogP contribution in [0.15, 0.2) is 22.7 Å². The second-order valence-corrected chi connectivity index (χ2v) is 7.59. The molecule has 2 aliphatic heterocycles. The van der Waals surface area contributed by atoms with Gasteiger partial charge in [0.25, 0.3) is 11.8 Å². The second kappa shape index (κ2) is 7.79. The van der Waals surface area contributed by atoms with E-state index in [2.05, 4.69) is 10.4 Å². The highest BCUT2D eigenvalue weighted by Crippen LogP contribution is 2.19. The van der Waals surface area contributed by atoms with E-state index >= 15 is 0 Å². The van der Waals surface area contributed by atoms with E-state index in [1.807, 2.05) is 17.8 Å². The third kappa shape index (κ3) is 3.69. The van der Waals surface area contributed by atoms with Crippen molar-refractivity contribution >= 4 is 11.8 Å². The van der Waals surface area contributed by atoms with E-state index in [0.29, 0.717) is 49.2 Å². The fourth-order valence-corrected chi connectivity index (χ4v) is 4.00. The Hall–Kier alpha value is -2.61. The Labute approximate surface area is 164 Å². The molecular weight excluding hydrogens is 358 g/mol. The van der Waals surface area contributed by atoms with Crippen molar-refractivity contribution in [2.24, 2.45) is 0 Å². The Morgan fingerprint density at radius 2 is 1.86 bits per heavy atom. The molecule has 150 valence electrons. The number of aromatic nitrogens is 2. The van der Waals surface area contributed by atoms with Gasteiger partial charge in [-0.25, -0.2) is 0 Å². The quantitative estimate of drug-likeness (QED) is 0.868. The lowest BCUT2D eigenvalue weighted by Crippen LogP contribution is -2.50. The Morgan fingerprint density at radius 1 is 1.14 bits per heavy atom. The van der Waals surface area contributed by atoms with Gasteiger partial charge in [-0.05, 0) is 45.4 Å². The molecule has 0 radical (unpaired) electrons. The van der Waals surface area contributed by atoms with Gasteiger partial charge in [-0.2, -0.15) is 5.10 Å². The number of carbonyl (C=O) groups is 2. The SMILES string of the molecule is Cc1cc(C(=O)N2CCN(C(=O)c3ccn(C4CCCNC4)n3)CC2)c(C)o1. The minimum atomic E-state index is -0.0649. The summed E-state index contributed by atoms with van der Waals surface area (Å²) in [6, 6.07) is 3.89. The topological polar surface area (TPSA) is 83.6 Å². The minimum Gasteiger partial charge on any atom is -0.466 e. The number of hydrogen-bond acceptors (Lipinski definition) is 5. The number of hydrogen-bond donors (Lipinski definition) is 1. The summed E-state index contributed by atoms with van der Waals surface area (Å²) in [4.78, 5) is 29.1. The van der Waals surface area contributed by atoms with E-state index in [1.54, 1.807) is 28.9 Å². The monoisotopic (exact) mass is 385 g/mol. The van der Waals surface area contributed by atoms with Crippen molar-refractivity contribution in [3.05, 3.63) is 41.1 Å². The third-order valence-corrected chi connectivity index (χ3v) is 5.60. The summed E-state index contributed by atoms with van der Waals surface area (Å²) in [6.45, 7) is 7.63. The molecule has 2 aromatic heterocycles. The highest BCUT2D eigenvalue weighted by molar-refractivity contribution is 5.96. The molecule has 28 heavy (non-hydrogen) atoms. The molecule has 8 nitrogen and oxygen atoms in total. The van der Waals surface area contributed by atoms with Crippen molar-refractivity contribution < 1.29 is 14.0 Å². The maximum Gasteiger partial charge on any atom is 0.274 e. The molecule has 0 bridgehead atoms. The van der Waals surface area contributed by atoms with Crippen molar-refractivity contribution in [3.63, 3.8) is 0 Å². The van der Waals surface area contributed by atoms with Gasteiger partial charge < -0.3 is 19.5 Å². The molecule has 0 aliphatic carbocycles. The second-order valence-electron chi connectivity index (χ2n) is 7.59. The Morgan fingerprint density at radius 3 is 2.46 bits per heavy atom. The van der Waals surface area contributed by atoms with E-state index in [-0.39, 0.29) is 11.8 Å².